The molecule has 0 atom stereocenters. The van der Waals surface area contributed by atoms with Crippen molar-refractivity contribution in [1.29, 1.82) is 0 Å². The van der Waals surface area contributed by atoms with Gasteiger partial charge in [-0.3, -0.25) is 0 Å². The lowest BCUT2D eigenvalue weighted by atomic mass is 10.2. The van der Waals surface area contributed by atoms with Crippen LogP contribution >= 0.6 is 50.1 Å². The Bertz CT molecular complexity index is 785. The molecule has 0 saturated heterocycles. The molecule has 1 heterocycles. The van der Waals surface area contributed by atoms with Crippen LogP contribution in [-0.4, -0.2) is 9.97 Å². The van der Waals surface area contributed by atoms with Gasteiger partial charge in [-0.15, -0.1) is 0 Å². The van der Waals surface area contributed by atoms with E-state index in [0.29, 0.717) is 10.7 Å². The summed E-state index contributed by atoms with van der Waals surface area (Å²) < 4.78 is 2.12. The van der Waals surface area contributed by atoms with E-state index in [1.165, 1.54) is 0 Å². The molecule has 19 heavy (non-hydrogen) atoms. The molecular formula is C13H8BrClIN3. The van der Waals surface area contributed by atoms with E-state index in [-0.39, 0.29) is 0 Å². The van der Waals surface area contributed by atoms with E-state index in [9.17, 15) is 0 Å². The van der Waals surface area contributed by atoms with Gasteiger partial charge in [0.15, 0.2) is 0 Å². The smallest absolute Gasteiger partial charge is 0.139 e. The molecule has 0 fully saturated rings. The third-order valence-corrected chi connectivity index (χ3v) is 4.35. The average molecular weight is 448 g/mol. The number of hydrogen-bond acceptors (Lipinski definition) is 2. The number of H-pyrrole nitrogens is 1. The number of nitrogens with one attached hydrogen (secondary N) is 1. The Morgan fingerprint density at radius 3 is 2.84 bits per heavy atom. The van der Waals surface area contributed by atoms with Crippen molar-refractivity contribution < 1.29 is 0 Å². The molecule has 0 unspecified atom stereocenters. The third-order valence-electron chi connectivity index (χ3n) is 2.76. The standard InChI is InChI=1S/C13H8BrClIN3/c14-9-2-1-7(16)5-8(9)13-18-11-4-6(15)3-10(17)12(11)19-13/h1-5H,17H2,(H,18,19). The van der Waals surface area contributed by atoms with E-state index in [1.807, 2.05) is 18.2 Å². The molecule has 96 valence electrons. The molecule has 0 radical (unpaired) electrons. The highest BCUT2D eigenvalue weighted by molar-refractivity contribution is 14.1. The van der Waals surface area contributed by atoms with E-state index in [4.69, 9.17) is 17.3 Å². The maximum atomic E-state index is 6.00. The molecule has 2 aromatic carbocycles. The molecule has 0 amide bonds. The van der Waals surface area contributed by atoms with Crippen LogP contribution in [0.4, 0.5) is 5.69 Å². The van der Waals surface area contributed by atoms with Gasteiger partial charge in [0.05, 0.1) is 11.2 Å². The zero-order valence-electron chi connectivity index (χ0n) is 9.55. The van der Waals surface area contributed by atoms with E-state index in [2.05, 4.69) is 54.6 Å². The van der Waals surface area contributed by atoms with Crippen molar-refractivity contribution in [3.63, 3.8) is 0 Å². The molecule has 3 N–H and O–H groups in total. The molecule has 0 saturated carbocycles. The summed E-state index contributed by atoms with van der Waals surface area (Å²) in [5.74, 6) is 0.773. The van der Waals surface area contributed by atoms with Gasteiger partial charge in [0, 0.05) is 18.6 Å². The quantitative estimate of drug-likeness (QED) is 0.414. The van der Waals surface area contributed by atoms with Gasteiger partial charge in [-0.05, 0) is 52.9 Å². The van der Waals surface area contributed by atoms with Crippen molar-refractivity contribution >= 4 is 66.8 Å². The fourth-order valence-corrected chi connectivity index (χ4v) is 3.07. The summed E-state index contributed by atoms with van der Waals surface area (Å²) in [6.45, 7) is 0. The van der Waals surface area contributed by atoms with Gasteiger partial charge in [-0.2, -0.15) is 0 Å². The normalized spacial score (nSPS) is 11.1. The minimum absolute atomic E-state index is 0.576. The number of hydrogen-bond donors (Lipinski definition) is 2. The number of rotatable bonds is 1. The fraction of sp³-hybridized carbons (Fsp3) is 0. The Kier molecular flexibility index (Phi) is 3.44. The highest BCUT2D eigenvalue weighted by Gasteiger charge is 2.11. The monoisotopic (exact) mass is 447 g/mol. The van der Waals surface area contributed by atoms with Crippen molar-refractivity contribution in [3.05, 3.63) is 43.4 Å². The first kappa shape index (κ1) is 13.2. The van der Waals surface area contributed by atoms with Crippen molar-refractivity contribution in [2.75, 3.05) is 5.73 Å². The number of imidazole rings is 1. The lowest BCUT2D eigenvalue weighted by Crippen LogP contribution is -1.86. The number of halogens is 3. The van der Waals surface area contributed by atoms with Gasteiger partial charge in [-0.1, -0.05) is 27.5 Å². The van der Waals surface area contributed by atoms with Crippen LogP contribution < -0.4 is 5.73 Å². The summed E-state index contributed by atoms with van der Waals surface area (Å²) in [7, 11) is 0. The number of nitrogens with zero attached hydrogens (tertiary/aromatic N) is 1. The number of aromatic nitrogens is 2. The molecule has 6 heteroatoms. The maximum Gasteiger partial charge on any atom is 0.139 e. The van der Waals surface area contributed by atoms with E-state index in [0.717, 1.165) is 30.5 Å². The number of aromatic amines is 1. The van der Waals surface area contributed by atoms with Crippen LogP contribution in [0.15, 0.2) is 34.8 Å². The number of nitrogen functional groups attached to an aromatic ring is 1. The number of fused-ring (bicyclic) bond motifs is 1. The van der Waals surface area contributed by atoms with Crippen LogP contribution in [0.2, 0.25) is 5.02 Å². The third kappa shape index (κ3) is 2.46. The van der Waals surface area contributed by atoms with Crippen LogP contribution in [0.25, 0.3) is 22.4 Å². The van der Waals surface area contributed by atoms with Crippen LogP contribution in [-0.2, 0) is 0 Å². The zero-order chi connectivity index (χ0) is 13.6. The largest absolute Gasteiger partial charge is 0.397 e. The van der Waals surface area contributed by atoms with Gasteiger partial charge in [-0.25, -0.2) is 4.98 Å². The molecule has 0 aliphatic carbocycles. The summed E-state index contributed by atoms with van der Waals surface area (Å²) in [5, 5.41) is 0.599. The molecule has 0 spiro atoms. The molecule has 0 aliphatic rings. The Morgan fingerprint density at radius 1 is 1.26 bits per heavy atom. The van der Waals surface area contributed by atoms with Gasteiger partial charge in [0.25, 0.3) is 0 Å². The number of anilines is 1. The van der Waals surface area contributed by atoms with Crippen LogP contribution in [0.5, 0.6) is 0 Å². The lowest BCUT2D eigenvalue weighted by molar-refractivity contribution is 1.32. The van der Waals surface area contributed by atoms with Crippen molar-refractivity contribution in [1.82, 2.24) is 9.97 Å². The number of nitrogens with two attached hydrogens (primary N) is 1. The fourth-order valence-electron chi connectivity index (χ4n) is 1.91. The Hall–Kier alpha value is -0.790. The summed E-state index contributed by atoms with van der Waals surface area (Å²) >= 11 is 11.8. The minimum atomic E-state index is 0.576. The van der Waals surface area contributed by atoms with Crippen molar-refractivity contribution in [3.8, 4) is 11.4 Å². The first-order valence-electron chi connectivity index (χ1n) is 5.45. The Balaban J connectivity index is 2.26. The second-order valence-corrected chi connectivity index (χ2v) is 6.64. The highest BCUT2D eigenvalue weighted by atomic mass is 127. The van der Waals surface area contributed by atoms with Gasteiger partial charge >= 0.3 is 0 Å². The SMILES string of the molecule is Nc1cc(Cl)cc2[nH]c(-c3cc(I)ccc3Br)nc12. The van der Waals surface area contributed by atoms with E-state index in [1.54, 1.807) is 6.07 Å². The molecule has 3 aromatic rings. The van der Waals surface area contributed by atoms with Crippen molar-refractivity contribution in [2.45, 2.75) is 0 Å². The van der Waals surface area contributed by atoms with Gasteiger partial charge < -0.3 is 10.7 Å². The first-order chi connectivity index (χ1) is 9.04. The predicted octanol–water partition coefficient (Wildman–Crippen LogP) is 4.83. The highest BCUT2D eigenvalue weighted by Crippen LogP contribution is 2.31. The summed E-state index contributed by atoms with van der Waals surface area (Å²) in [4.78, 5) is 7.81. The Labute approximate surface area is 136 Å². The maximum absolute atomic E-state index is 6.00. The summed E-state index contributed by atoms with van der Waals surface area (Å²) in [6.07, 6.45) is 0. The second-order valence-electron chi connectivity index (χ2n) is 4.10. The molecule has 0 aliphatic heterocycles. The lowest BCUT2D eigenvalue weighted by Gasteiger charge is -2.01. The molecule has 1 aromatic heterocycles. The summed E-state index contributed by atoms with van der Waals surface area (Å²) in [6, 6.07) is 9.62. The van der Waals surface area contributed by atoms with E-state index < -0.39 is 0 Å². The van der Waals surface area contributed by atoms with Crippen LogP contribution in [0.3, 0.4) is 0 Å². The topological polar surface area (TPSA) is 54.7 Å². The molecular weight excluding hydrogens is 440 g/mol. The average Bonchev–Trinajstić information content (AvgIpc) is 2.76. The molecule has 3 rings (SSSR count). The van der Waals surface area contributed by atoms with Crippen LogP contribution in [0.1, 0.15) is 0 Å². The van der Waals surface area contributed by atoms with Gasteiger partial charge in [0.1, 0.15) is 11.3 Å². The second kappa shape index (κ2) is 4.96. The number of benzene rings is 2. The van der Waals surface area contributed by atoms with Gasteiger partial charge in [0.2, 0.25) is 0 Å². The molecule has 0 bridgehead atoms. The predicted molar refractivity (Wildman–Crippen MR) is 91.4 cm³/mol. The van der Waals surface area contributed by atoms with E-state index >= 15 is 0 Å². The Morgan fingerprint density at radius 2 is 2.05 bits per heavy atom. The molecule has 3 nitrogen and oxygen atoms in total. The minimum Gasteiger partial charge on any atom is -0.397 e. The first-order valence-corrected chi connectivity index (χ1v) is 7.70. The summed E-state index contributed by atoms with van der Waals surface area (Å²) in [5.41, 5.74) is 9.09. The van der Waals surface area contributed by atoms with Crippen LogP contribution in [0, 0.1) is 3.57 Å². The zero-order valence-corrected chi connectivity index (χ0v) is 14.0. The van der Waals surface area contributed by atoms with Crippen molar-refractivity contribution in [2.24, 2.45) is 0 Å².